The fraction of sp³-hybridized carbons (Fsp3) is 0.467. The second kappa shape index (κ2) is 5.89. The molecule has 21 heavy (non-hydrogen) atoms. The van der Waals surface area contributed by atoms with Crippen LogP contribution in [0.2, 0.25) is 5.02 Å². The summed E-state index contributed by atoms with van der Waals surface area (Å²) in [7, 11) is 0. The molecule has 2 amide bonds. The number of nitrogens with zero attached hydrogens (tertiary/aromatic N) is 1. The molecule has 1 atom stereocenters. The third-order valence-corrected chi connectivity index (χ3v) is 5.57. The van der Waals surface area contributed by atoms with E-state index in [1.54, 1.807) is 18.2 Å². The maximum atomic E-state index is 12.5. The third-order valence-electron chi connectivity index (χ3n) is 4.08. The minimum Gasteiger partial charge on any atom is -0.398 e. The van der Waals surface area contributed by atoms with Crippen LogP contribution in [0.15, 0.2) is 23.1 Å². The average molecular weight is 325 g/mol. The summed E-state index contributed by atoms with van der Waals surface area (Å²) in [6.07, 6.45) is 4.33. The summed E-state index contributed by atoms with van der Waals surface area (Å²) < 4.78 is 0. The Bertz CT molecular complexity index is 587. The van der Waals surface area contributed by atoms with E-state index in [1.165, 1.54) is 16.7 Å². The van der Waals surface area contributed by atoms with Crippen molar-refractivity contribution in [3.8, 4) is 0 Å². The molecule has 1 aliphatic heterocycles. The number of anilines is 1. The van der Waals surface area contributed by atoms with E-state index in [-0.39, 0.29) is 29.5 Å². The van der Waals surface area contributed by atoms with Crippen LogP contribution in [0, 0.1) is 0 Å². The molecule has 1 aromatic carbocycles. The van der Waals surface area contributed by atoms with Crippen LogP contribution in [0.5, 0.6) is 0 Å². The minimum atomic E-state index is -0.376. The molecule has 1 unspecified atom stereocenters. The highest BCUT2D eigenvalue weighted by Crippen LogP contribution is 2.38. The Morgan fingerprint density at radius 3 is 2.67 bits per heavy atom. The number of nitrogen functional groups attached to an aromatic ring is 1. The summed E-state index contributed by atoms with van der Waals surface area (Å²) in [4.78, 5) is 26.9. The Morgan fingerprint density at radius 2 is 1.95 bits per heavy atom. The maximum Gasteiger partial charge on any atom is 0.243 e. The lowest BCUT2D eigenvalue weighted by Crippen LogP contribution is -2.39. The van der Waals surface area contributed by atoms with Gasteiger partial charge in [-0.3, -0.25) is 14.5 Å². The van der Waals surface area contributed by atoms with E-state index in [1.807, 2.05) is 0 Å². The van der Waals surface area contributed by atoms with Crippen LogP contribution < -0.4 is 5.73 Å². The first-order valence-electron chi connectivity index (χ1n) is 7.14. The molecule has 1 saturated carbocycles. The van der Waals surface area contributed by atoms with Crippen molar-refractivity contribution < 1.29 is 9.59 Å². The van der Waals surface area contributed by atoms with E-state index in [0.29, 0.717) is 10.7 Å². The van der Waals surface area contributed by atoms with Gasteiger partial charge >= 0.3 is 0 Å². The SMILES string of the molecule is Nc1ccc(Cl)cc1SC1CC(=O)N(C2CCCC2)C1=O. The van der Waals surface area contributed by atoms with Crippen LogP contribution in [-0.2, 0) is 9.59 Å². The van der Waals surface area contributed by atoms with Gasteiger partial charge < -0.3 is 5.73 Å². The highest BCUT2D eigenvalue weighted by atomic mass is 35.5. The number of imide groups is 1. The number of likely N-dealkylation sites (tertiary alicyclic amines) is 1. The number of amides is 2. The van der Waals surface area contributed by atoms with E-state index < -0.39 is 0 Å². The van der Waals surface area contributed by atoms with E-state index in [4.69, 9.17) is 17.3 Å². The number of thioether (sulfide) groups is 1. The maximum absolute atomic E-state index is 12.5. The van der Waals surface area contributed by atoms with Gasteiger partial charge in [-0.2, -0.15) is 0 Å². The van der Waals surface area contributed by atoms with Crippen LogP contribution >= 0.6 is 23.4 Å². The number of nitrogens with two attached hydrogens (primary N) is 1. The molecule has 2 fully saturated rings. The number of benzene rings is 1. The predicted octanol–water partition coefficient (Wildman–Crippen LogP) is 3.08. The Hall–Kier alpha value is -1.20. The Balaban J connectivity index is 1.76. The van der Waals surface area contributed by atoms with Crippen molar-refractivity contribution in [2.24, 2.45) is 0 Å². The lowest BCUT2D eigenvalue weighted by molar-refractivity contribution is -0.140. The van der Waals surface area contributed by atoms with Crippen LogP contribution in [0.1, 0.15) is 32.1 Å². The smallest absolute Gasteiger partial charge is 0.243 e. The van der Waals surface area contributed by atoms with Gasteiger partial charge in [0.2, 0.25) is 11.8 Å². The van der Waals surface area contributed by atoms with Gasteiger partial charge in [-0.25, -0.2) is 0 Å². The number of carbonyl (C=O) groups is 2. The predicted molar refractivity (Wildman–Crippen MR) is 84.2 cm³/mol. The molecular formula is C15H17ClN2O2S. The minimum absolute atomic E-state index is 0.0509. The molecule has 6 heteroatoms. The van der Waals surface area contributed by atoms with Gasteiger partial charge in [0.05, 0.1) is 5.25 Å². The lowest BCUT2D eigenvalue weighted by Gasteiger charge is -2.22. The Kier molecular flexibility index (Phi) is 4.13. The summed E-state index contributed by atoms with van der Waals surface area (Å²) in [5, 5.41) is 0.204. The molecule has 0 aromatic heterocycles. The Morgan fingerprint density at radius 1 is 1.24 bits per heavy atom. The highest BCUT2D eigenvalue weighted by Gasteiger charge is 2.43. The third kappa shape index (κ3) is 2.90. The van der Waals surface area contributed by atoms with E-state index >= 15 is 0 Å². The largest absolute Gasteiger partial charge is 0.398 e. The fourth-order valence-corrected chi connectivity index (χ4v) is 4.41. The molecule has 3 rings (SSSR count). The average Bonchev–Trinajstić information content (AvgIpc) is 3.03. The number of halogens is 1. The standard InChI is InChI=1S/C15H17ClN2O2S/c16-9-5-6-11(17)12(7-9)21-13-8-14(19)18(15(13)20)10-3-1-2-4-10/h5-7,10,13H,1-4,8,17H2. The molecule has 0 spiro atoms. The summed E-state index contributed by atoms with van der Waals surface area (Å²) in [6, 6.07) is 5.29. The summed E-state index contributed by atoms with van der Waals surface area (Å²) in [6.45, 7) is 0. The van der Waals surface area contributed by atoms with Crippen LogP contribution in [0.4, 0.5) is 5.69 Å². The van der Waals surface area contributed by atoms with Gasteiger partial charge in [0.25, 0.3) is 0 Å². The highest BCUT2D eigenvalue weighted by molar-refractivity contribution is 8.00. The van der Waals surface area contributed by atoms with E-state index in [9.17, 15) is 9.59 Å². The van der Waals surface area contributed by atoms with Crippen molar-refractivity contribution in [3.05, 3.63) is 23.2 Å². The van der Waals surface area contributed by atoms with Gasteiger partial charge in [0.1, 0.15) is 0 Å². The van der Waals surface area contributed by atoms with Gasteiger partial charge in [-0.1, -0.05) is 24.4 Å². The van der Waals surface area contributed by atoms with Crippen molar-refractivity contribution in [1.29, 1.82) is 0 Å². The molecule has 1 aromatic rings. The number of rotatable bonds is 3. The second-order valence-electron chi connectivity index (χ2n) is 5.53. The first kappa shape index (κ1) is 14.7. The molecule has 2 N–H and O–H groups in total. The molecule has 1 heterocycles. The zero-order chi connectivity index (χ0) is 15.0. The van der Waals surface area contributed by atoms with Crippen molar-refractivity contribution >= 4 is 40.9 Å². The van der Waals surface area contributed by atoms with Crippen molar-refractivity contribution in [3.63, 3.8) is 0 Å². The zero-order valence-electron chi connectivity index (χ0n) is 11.5. The second-order valence-corrected chi connectivity index (χ2v) is 7.21. The molecule has 4 nitrogen and oxygen atoms in total. The number of hydrogen-bond acceptors (Lipinski definition) is 4. The number of carbonyl (C=O) groups excluding carboxylic acids is 2. The van der Waals surface area contributed by atoms with Gasteiger partial charge in [-0.15, -0.1) is 11.8 Å². The van der Waals surface area contributed by atoms with E-state index in [0.717, 1.165) is 30.6 Å². The first-order valence-corrected chi connectivity index (χ1v) is 8.39. The number of hydrogen-bond donors (Lipinski definition) is 1. The zero-order valence-corrected chi connectivity index (χ0v) is 13.1. The molecular weight excluding hydrogens is 308 g/mol. The molecule has 1 aliphatic carbocycles. The van der Waals surface area contributed by atoms with Crippen molar-refractivity contribution in [2.45, 2.75) is 48.3 Å². The molecule has 1 saturated heterocycles. The van der Waals surface area contributed by atoms with E-state index in [2.05, 4.69) is 0 Å². The normalized spacial score (nSPS) is 23.3. The topological polar surface area (TPSA) is 63.4 Å². The summed E-state index contributed by atoms with van der Waals surface area (Å²) in [5.41, 5.74) is 6.50. The Labute approximate surface area is 133 Å². The van der Waals surface area contributed by atoms with Crippen LogP contribution in [-0.4, -0.2) is 28.0 Å². The monoisotopic (exact) mass is 324 g/mol. The van der Waals surface area contributed by atoms with Crippen molar-refractivity contribution in [2.75, 3.05) is 5.73 Å². The van der Waals surface area contributed by atoms with Crippen LogP contribution in [0.3, 0.4) is 0 Å². The van der Waals surface area contributed by atoms with Crippen molar-refractivity contribution in [1.82, 2.24) is 4.90 Å². The molecule has 0 radical (unpaired) electrons. The molecule has 0 bridgehead atoms. The van der Waals surface area contributed by atoms with Gasteiger partial charge in [-0.05, 0) is 31.0 Å². The van der Waals surface area contributed by atoms with Crippen LogP contribution in [0.25, 0.3) is 0 Å². The summed E-state index contributed by atoms with van der Waals surface area (Å²) in [5.74, 6) is -0.124. The molecule has 112 valence electrons. The first-order chi connectivity index (χ1) is 10.1. The lowest BCUT2D eigenvalue weighted by atomic mass is 10.2. The quantitative estimate of drug-likeness (QED) is 0.685. The molecule has 2 aliphatic rings. The fourth-order valence-electron chi connectivity index (χ4n) is 3.02. The van der Waals surface area contributed by atoms with Gasteiger partial charge in [0, 0.05) is 28.1 Å². The van der Waals surface area contributed by atoms with Gasteiger partial charge in [0.15, 0.2) is 0 Å². The summed E-state index contributed by atoms with van der Waals surface area (Å²) >= 11 is 7.31.